The fourth-order valence-corrected chi connectivity index (χ4v) is 8.90. The minimum Gasteiger partial charge on any atom is -0.455 e. The first-order valence-electron chi connectivity index (χ1n) is 17.1. The van der Waals surface area contributed by atoms with Gasteiger partial charge >= 0.3 is 0 Å². The Labute approximate surface area is 296 Å². The highest BCUT2D eigenvalue weighted by Gasteiger charge is 2.23. The van der Waals surface area contributed by atoms with Gasteiger partial charge < -0.3 is 4.42 Å². The van der Waals surface area contributed by atoms with Crippen LogP contribution in [0.25, 0.3) is 104 Å². The van der Waals surface area contributed by atoms with Crippen molar-refractivity contribution in [3.05, 3.63) is 164 Å². The van der Waals surface area contributed by atoms with E-state index in [0.717, 1.165) is 82.1 Å². The van der Waals surface area contributed by atoms with E-state index in [4.69, 9.17) is 14.4 Å². The van der Waals surface area contributed by atoms with Gasteiger partial charge in [-0.05, 0) is 53.1 Å². The topological polar surface area (TPSA) is 43.9 Å². The van der Waals surface area contributed by atoms with E-state index < -0.39 is 0 Å². The van der Waals surface area contributed by atoms with E-state index in [1.165, 1.54) is 15.5 Å². The number of benzene rings is 7. The third-order valence-corrected chi connectivity index (χ3v) is 11.2. The molecule has 0 bridgehead atoms. The summed E-state index contributed by atoms with van der Waals surface area (Å²) >= 11 is 1.75. The van der Waals surface area contributed by atoms with E-state index >= 15 is 0 Å². The number of hydrogen-bond donors (Lipinski definition) is 0. The van der Waals surface area contributed by atoms with Crippen molar-refractivity contribution in [1.29, 1.82) is 0 Å². The molecule has 238 valence electrons. The van der Waals surface area contributed by atoms with Gasteiger partial charge in [0.1, 0.15) is 11.2 Å². The molecule has 0 aliphatic carbocycles. The molecule has 0 fully saturated rings. The SMILES string of the molecule is c1ccc(-c2cc(-c3ccccc3)c3oc4cccc(-c5nc(-n6c7ccccc7c7ccccc76)nc6c5sc5ccccc56)c4c3c2)cc1. The van der Waals surface area contributed by atoms with Crippen LogP contribution in [0.2, 0.25) is 0 Å². The van der Waals surface area contributed by atoms with Gasteiger partial charge in [0, 0.05) is 42.8 Å². The molecule has 0 aliphatic rings. The van der Waals surface area contributed by atoms with E-state index in [9.17, 15) is 0 Å². The van der Waals surface area contributed by atoms with Crippen LogP contribution in [0, 0.1) is 0 Å². The van der Waals surface area contributed by atoms with Gasteiger partial charge in [-0.25, -0.2) is 9.97 Å². The van der Waals surface area contributed by atoms with Crippen LogP contribution in [-0.2, 0) is 0 Å². The van der Waals surface area contributed by atoms with Gasteiger partial charge in [-0.3, -0.25) is 4.57 Å². The number of furan rings is 1. The molecule has 0 aliphatic heterocycles. The highest BCUT2D eigenvalue weighted by molar-refractivity contribution is 7.26. The lowest BCUT2D eigenvalue weighted by atomic mass is 9.94. The lowest BCUT2D eigenvalue weighted by Gasteiger charge is -2.11. The number of rotatable bonds is 4. The minimum absolute atomic E-state index is 0.651. The second kappa shape index (κ2) is 11.0. The second-order valence-electron chi connectivity index (χ2n) is 12.9. The maximum atomic E-state index is 6.83. The Balaban J connectivity index is 1.28. The van der Waals surface area contributed by atoms with Crippen LogP contribution in [0.15, 0.2) is 168 Å². The molecule has 0 saturated heterocycles. The summed E-state index contributed by atoms with van der Waals surface area (Å²) < 4.78 is 11.3. The van der Waals surface area contributed by atoms with E-state index in [-0.39, 0.29) is 0 Å². The molecule has 4 heterocycles. The summed E-state index contributed by atoms with van der Waals surface area (Å²) in [6.07, 6.45) is 0. The van der Waals surface area contributed by atoms with E-state index in [0.29, 0.717) is 5.95 Å². The lowest BCUT2D eigenvalue weighted by Crippen LogP contribution is -2.02. The predicted molar refractivity (Wildman–Crippen MR) is 213 cm³/mol. The van der Waals surface area contributed by atoms with Crippen LogP contribution in [0.4, 0.5) is 0 Å². The third-order valence-electron chi connectivity index (χ3n) is 10.0. The van der Waals surface area contributed by atoms with Crippen LogP contribution in [0.5, 0.6) is 0 Å². The Bertz CT molecular complexity index is 3080. The molecule has 0 amide bonds. The molecule has 0 unspecified atom stereocenters. The van der Waals surface area contributed by atoms with Gasteiger partial charge in [-0.1, -0.05) is 127 Å². The van der Waals surface area contributed by atoms with Gasteiger partial charge in [0.2, 0.25) is 5.95 Å². The Hall–Kier alpha value is -6.56. The molecule has 0 radical (unpaired) electrons. The molecule has 0 atom stereocenters. The van der Waals surface area contributed by atoms with Crippen LogP contribution < -0.4 is 0 Å². The molecule has 0 N–H and O–H groups in total. The number of thiophene rings is 1. The molecule has 11 rings (SSSR count). The smallest absolute Gasteiger partial charge is 0.235 e. The molecule has 4 nitrogen and oxygen atoms in total. The van der Waals surface area contributed by atoms with Crippen molar-refractivity contribution in [2.24, 2.45) is 0 Å². The Morgan fingerprint density at radius 3 is 1.88 bits per heavy atom. The van der Waals surface area contributed by atoms with Crippen molar-refractivity contribution in [2.45, 2.75) is 0 Å². The zero-order valence-corrected chi connectivity index (χ0v) is 28.1. The van der Waals surface area contributed by atoms with Crippen molar-refractivity contribution in [1.82, 2.24) is 14.5 Å². The van der Waals surface area contributed by atoms with Crippen molar-refractivity contribution >= 4 is 75.4 Å². The fraction of sp³-hybridized carbons (Fsp3) is 0. The summed E-state index contributed by atoms with van der Waals surface area (Å²) in [7, 11) is 0. The zero-order valence-electron chi connectivity index (χ0n) is 27.2. The van der Waals surface area contributed by atoms with Crippen molar-refractivity contribution < 1.29 is 4.42 Å². The number of aromatic nitrogens is 3. The van der Waals surface area contributed by atoms with E-state index in [2.05, 4.69) is 168 Å². The van der Waals surface area contributed by atoms with E-state index in [1.54, 1.807) is 11.3 Å². The standard InChI is InChI=1S/C46H27N3OS/c1-3-14-28(15-4-1)30-26-35(29-16-5-2-6-17-29)44-36(27-30)41-34(21-13-24-39(41)50-44)43-45-42(33-20-9-12-25-40(33)51-45)47-46(48-43)49-37-22-10-7-18-31(37)32-19-8-11-23-38(32)49/h1-27H. The molecular weight excluding hydrogens is 643 g/mol. The molecule has 5 heteroatoms. The first-order chi connectivity index (χ1) is 25.3. The maximum Gasteiger partial charge on any atom is 0.235 e. The first kappa shape index (κ1) is 28.3. The molecule has 7 aromatic carbocycles. The predicted octanol–water partition coefficient (Wildman–Crippen LogP) is 12.8. The molecule has 4 aromatic heterocycles. The molecule has 0 saturated carbocycles. The number of para-hydroxylation sites is 2. The highest BCUT2D eigenvalue weighted by atomic mass is 32.1. The van der Waals surface area contributed by atoms with Gasteiger partial charge in [0.15, 0.2) is 0 Å². The number of hydrogen-bond acceptors (Lipinski definition) is 4. The lowest BCUT2D eigenvalue weighted by molar-refractivity contribution is 0.670. The summed E-state index contributed by atoms with van der Waals surface area (Å²) in [5.74, 6) is 0.651. The van der Waals surface area contributed by atoms with E-state index in [1.807, 2.05) is 0 Å². The number of fused-ring (bicyclic) bond motifs is 9. The van der Waals surface area contributed by atoms with Crippen LogP contribution in [0.1, 0.15) is 0 Å². The van der Waals surface area contributed by atoms with Gasteiger partial charge in [0.25, 0.3) is 0 Å². The number of nitrogens with zero attached hydrogens (tertiary/aromatic N) is 3. The Morgan fingerprint density at radius 2 is 1.14 bits per heavy atom. The quantitative estimate of drug-likeness (QED) is 0.187. The van der Waals surface area contributed by atoms with Gasteiger partial charge in [0.05, 0.1) is 26.9 Å². The highest BCUT2D eigenvalue weighted by Crippen LogP contribution is 2.46. The normalized spacial score (nSPS) is 11.9. The average molecular weight is 670 g/mol. The fourth-order valence-electron chi connectivity index (χ4n) is 7.75. The maximum absolute atomic E-state index is 6.83. The van der Waals surface area contributed by atoms with Crippen molar-refractivity contribution in [3.8, 4) is 39.5 Å². The summed E-state index contributed by atoms with van der Waals surface area (Å²) in [5, 5.41) is 5.60. The summed E-state index contributed by atoms with van der Waals surface area (Å²) in [4.78, 5) is 10.9. The summed E-state index contributed by atoms with van der Waals surface area (Å²) in [5.41, 5.74) is 11.2. The molecule has 51 heavy (non-hydrogen) atoms. The monoisotopic (exact) mass is 669 g/mol. The minimum atomic E-state index is 0.651. The zero-order chi connectivity index (χ0) is 33.5. The van der Waals surface area contributed by atoms with Crippen LogP contribution in [-0.4, -0.2) is 14.5 Å². The van der Waals surface area contributed by atoms with Crippen molar-refractivity contribution in [3.63, 3.8) is 0 Å². The molecule has 11 aromatic rings. The first-order valence-corrected chi connectivity index (χ1v) is 17.9. The van der Waals surface area contributed by atoms with Crippen LogP contribution >= 0.6 is 11.3 Å². The Morgan fingerprint density at radius 1 is 0.490 bits per heavy atom. The Kier molecular flexibility index (Phi) is 6.09. The van der Waals surface area contributed by atoms with Gasteiger partial charge in [-0.2, -0.15) is 0 Å². The van der Waals surface area contributed by atoms with Crippen LogP contribution in [0.3, 0.4) is 0 Å². The molecule has 0 spiro atoms. The molecular formula is C46H27N3OS. The third kappa shape index (κ3) is 4.25. The second-order valence-corrected chi connectivity index (χ2v) is 14.0. The average Bonchev–Trinajstić information content (AvgIpc) is 3.88. The van der Waals surface area contributed by atoms with Crippen molar-refractivity contribution in [2.75, 3.05) is 0 Å². The summed E-state index contributed by atoms with van der Waals surface area (Å²) in [6.45, 7) is 0. The largest absolute Gasteiger partial charge is 0.455 e. The summed E-state index contributed by atoms with van der Waals surface area (Å²) in [6, 6.07) is 57.6. The van der Waals surface area contributed by atoms with Gasteiger partial charge in [-0.15, -0.1) is 11.3 Å².